The van der Waals surface area contributed by atoms with E-state index in [1.165, 1.54) is 0 Å². The van der Waals surface area contributed by atoms with E-state index < -0.39 is 16.6 Å². The Balaban J connectivity index is 4.00. The summed E-state index contributed by atoms with van der Waals surface area (Å²) in [7, 11) is -3.42. The molecule has 3 N–H and O–H groups in total. The van der Waals surface area contributed by atoms with Crippen molar-refractivity contribution >= 4 is 28.4 Å². The zero-order valence-electron chi connectivity index (χ0n) is 12.6. The quantitative estimate of drug-likeness (QED) is 0.396. The molecule has 1 atom stereocenters. The van der Waals surface area contributed by atoms with E-state index in [2.05, 4.69) is 18.3 Å². The first-order valence-electron chi connectivity index (χ1n) is 7.38. The van der Waals surface area contributed by atoms with Gasteiger partial charge in [0.2, 0.25) is 16.6 Å². The molecule has 0 fully saturated rings. The van der Waals surface area contributed by atoms with Crippen LogP contribution in [0.1, 0.15) is 65.2 Å². The fourth-order valence-electron chi connectivity index (χ4n) is 1.71. The molecule has 0 aromatic rings. The van der Waals surface area contributed by atoms with Gasteiger partial charge in [-0.25, -0.2) is 8.42 Å². The van der Waals surface area contributed by atoms with Crippen molar-refractivity contribution in [3.8, 4) is 0 Å². The van der Waals surface area contributed by atoms with Crippen molar-refractivity contribution in [1.29, 1.82) is 0 Å². The minimum Gasteiger partial charge on any atom is -0.327 e. The van der Waals surface area contributed by atoms with Crippen LogP contribution in [0, 0.1) is 0 Å². The standard InChI is InChI=1S/C12H29N2O3PS2/c1-3-5-7-9-11-17-18(13,19)14-20(15,16)12-10-8-6-4-2/h3-12H2,1-2H3,(H3,13,14,19). The van der Waals surface area contributed by atoms with Crippen LogP contribution in [0.2, 0.25) is 0 Å². The molecule has 0 bridgehead atoms. The van der Waals surface area contributed by atoms with Gasteiger partial charge in [-0.1, -0.05) is 52.4 Å². The van der Waals surface area contributed by atoms with Crippen LogP contribution < -0.4 is 10.00 Å². The van der Waals surface area contributed by atoms with Crippen LogP contribution in [0.5, 0.6) is 0 Å². The molecule has 0 amide bonds. The summed E-state index contributed by atoms with van der Waals surface area (Å²) in [5, 5.41) is 0. The maximum atomic E-state index is 11.8. The first-order valence-corrected chi connectivity index (χ1v) is 11.8. The third-order valence-corrected chi connectivity index (χ3v) is 7.32. The lowest BCUT2D eigenvalue weighted by Crippen LogP contribution is -2.28. The number of rotatable bonds is 13. The Morgan fingerprint density at radius 3 is 2.15 bits per heavy atom. The van der Waals surface area contributed by atoms with Gasteiger partial charge in [-0.3, -0.25) is 5.50 Å². The summed E-state index contributed by atoms with van der Waals surface area (Å²) < 4.78 is 31.4. The van der Waals surface area contributed by atoms with Crippen molar-refractivity contribution in [3.05, 3.63) is 0 Å². The molecule has 1 unspecified atom stereocenters. The highest BCUT2D eigenvalue weighted by atomic mass is 32.5. The van der Waals surface area contributed by atoms with E-state index in [1.54, 1.807) is 0 Å². The number of nitrogens with one attached hydrogen (secondary N) is 1. The second kappa shape index (κ2) is 11.1. The number of hydrogen-bond donors (Lipinski definition) is 2. The van der Waals surface area contributed by atoms with E-state index in [9.17, 15) is 8.42 Å². The number of nitrogens with two attached hydrogens (primary N) is 1. The summed E-state index contributed by atoms with van der Waals surface area (Å²) >= 11 is 5.05. The van der Waals surface area contributed by atoms with Crippen LogP contribution in [0.4, 0.5) is 0 Å². The summed E-state index contributed by atoms with van der Waals surface area (Å²) in [5.41, 5.74) is 5.76. The predicted molar refractivity (Wildman–Crippen MR) is 89.6 cm³/mol. The average molecular weight is 344 g/mol. The number of unbranched alkanes of at least 4 members (excludes halogenated alkanes) is 6. The van der Waals surface area contributed by atoms with Gasteiger partial charge in [-0.05, 0) is 24.6 Å². The highest BCUT2D eigenvalue weighted by Crippen LogP contribution is 2.34. The van der Waals surface area contributed by atoms with Crippen LogP contribution in [-0.4, -0.2) is 20.8 Å². The third-order valence-electron chi connectivity index (χ3n) is 2.81. The highest BCUT2D eigenvalue weighted by molar-refractivity contribution is 8.15. The SMILES string of the molecule is CCCCCCOP(N)(=S)NS(=O)(=O)CCCCCC. The zero-order chi connectivity index (χ0) is 15.5. The van der Waals surface area contributed by atoms with Crippen LogP contribution in [0.25, 0.3) is 0 Å². The summed E-state index contributed by atoms with van der Waals surface area (Å²) in [6.45, 7) is 1.71. The number of hydrogen-bond acceptors (Lipinski definition) is 4. The maximum absolute atomic E-state index is 11.8. The zero-order valence-corrected chi connectivity index (χ0v) is 15.2. The van der Waals surface area contributed by atoms with Crippen molar-refractivity contribution in [1.82, 2.24) is 4.49 Å². The van der Waals surface area contributed by atoms with Crippen LogP contribution in [0.15, 0.2) is 0 Å². The van der Waals surface area contributed by atoms with E-state index >= 15 is 0 Å². The molecule has 0 rings (SSSR count). The Bertz CT molecular complexity index is 388. The third kappa shape index (κ3) is 12.2. The molecule has 0 aliphatic heterocycles. The molecule has 0 saturated heterocycles. The normalized spacial score (nSPS) is 15.2. The molecule has 5 nitrogen and oxygen atoms in total. The molecule has 122 valence electrons. The van der Waals surface area contributed by atoms with E-state index in [1.807, 2.05) is 0 Å². The van der Waals surface area contributed by atoms with Crippen molar-refractivity contribution in [3.63, 3.8) is 0 Å². The van der Waals surface area contributed by atoms with Gasteiger partial charge in [0, 0.05) is 0 Å². The topological polar surface area (TPSA) is 81.4 Å². The summed E-state index contributed by atoms with van der Waals surface area (Å²) in [6, 6.07) is 0. The minimum absolute atomic E-state index is 0.0712. The monoisotopic (exact) mass is 344 g/mol. The fraction of sp³-hybridized carbons (Fsp3) is 1.00. The van der Waals surface area contributed by atoms with Gasteiger partial charge in [-0.15, -0.1) is 0 Å². The van der Waals surface area contributed by atoms with E-state index in [-0.39, 0.29) is 5.75 Å². The smallest absolute Gasteiger partial charge is 0.218 e. The van der Waals surface area contributed by atoms with Gasteiger partial charge < -0.3 is 4.52 Å². The van der Waals surface area contributed by atoms with Crippen molar-refractivity contribution in [2.45, 2.75) is 65.2 Å². The Labute approximate surface area is 129 Å². The molecular weight excluding hydrogens is 315 g/mol. The summed E-state index contributed by atoms with van der Waals surface area (Å²) in [5.74, 6) is 0.0712. The van der Waals surface area contributed by atoms with Crippen molar-refractivity contribution < 1.29 is 12.9 Å². The molecular formula is C12H29N2O3PS2. The maximum Gasteiger partial charge on any atom is 0.218 e. The molecule has 0 radical (unpaired) electrons. The van der Waals surface area contributed by atoms with Gasteiger partial charge in [0.05, 0.1) is 12.4 Å². The Morgan fingerprint density at radius 1 is 1.05 bits per heavy atom. The largest absolute Gasteiger partial charge is 0.327 e. The van der Waals surface area contributed by atoms with Gasteiger partial charge in [-0.2, -0.15) is 4.49 Å². The van der Waals surface area contributed by atoms with E-state index in [4.69, 9.17) is 21.8 Å². The van der Waals surface area contributed by atoms with Gasteiger partial charge in [0.15, 0.2) is 0 Å². The summed E-state index contributed by atoms with van der Waals surface area (Å²) in [6.07, 6.45) is 7.85. The van der Waals surface area contributed by atoms with Crippen LogP contribution >= 0.6 is 6.57 Å². The highest BCUT2D eigenvalue weighted by Gasteiger charge is 2.20. The Hall–Kier alpha value is 0.480. The molecule has 0 heterocycles. The average Bonchev–Trinajstić information content (AvgIpc) is 2.33. The summed E-state index contributed by atoms with van der Waals surface area (Å²) in [4.78, 5) is 0. The van der Waals surface area contributed by atoms with E-state index in [0.29, 0.717) is 13.0 Å². The second-order valence-corrected chi connectivity index (χ2v) is 10.4. The Morgan fingerprint density at radius 2 is 1.60 bits per heavy atom. The molecule has 0 aliphatic rings. The lowest BCUT2D eigenvalue weighted by atomic mass is 10.2. The van der Waals surface area contributed by atoms with Crippen LogP contribution in [-0.2, 0) is 26.4 Å². The lowest BCUT2D eigenvalue weighted by molar-refractivity contribution is 0.333. The van der Waals surface area contributed by atoms with Crippen molar-refractivity contribution in [2.75, 3.05) is 12.4 Å². The Kier molecular flexibility index (Phi) is 11.4. The van der Waals surface area contributed by atoms with E-state index in [0.717, 1.165) is 44.9 Å². The molecule has 0 aromatic heterocycles. The second-order valence-electron chi connectivity index (χ2n) is 4.96. The molecule has 20 heavy (non-hydrogen) atoms. The molecule has 8 heteroatoms. The number of sulfonamides is 1. The first kappa shape index (κ1) is 20.5. The molecule has 0 aliphatic carbocycles. The fourth-order valence-corrected chi connectivity index (χ4v) is 6.07. The van der Waals surface area contributed by atoms with Crippen molar-refractivity contribution in [2.24, 2.45) is 5.50 Å². The van der Waals surface area contributed by atoms with Gasteiger partial charge >= 0.3 is 0 Å². The molecule has 0 spiro atoms. The van der Waals surface area contributed by atoms with Gasteiger partial charge in [0.25, 0.3) is 0 Å². The van der Waals surface area contributed by atoms with Crippen LogP contribution in [0.3, 0.4) is 0 Å². The molecule has 0 saturated carbocycles. The van der Waals surface area contributed by atoms with Gasteiger partial charge in [0.1, 0.15) is 0 Å². The lowest BCUT2D eigenvalue weighted by Gasteiger charge is -2.18. The first-order chi connectivity index (χ1) is 9.33. The minimum atomic E-state index is -3.42. The predicted octanol–water partition coefficient (Wildman–Crippen LogP) is 3.27. The molecule has 0 aromatic carbocycles.